The lowest BCUT2D eigenvalue weighted by Crippen LogP contribution is -2.40. The molecule has 0 radical (unpaired) electrons. The van der Waals surface area contributed by atoms with Gasteiger partial charge in [-0.3, -0.25) is 9.87 Å². The van der Waals surface area contributed by atoms with Gasteiger partial charge in [-0.05, 0) is 46.5 Å². The van der Waals surface area contributed by atoms with Crippen molar-refractivity contribution >= 4 is 10.1 Å². The lowest BCUT2D eigenvalue weighted by Gasteiger charge is -2.25. The van der Waals surface area contributed by atoms with Crippen LogP contribution < -0.4 is 10.6 Å². The van der Waals surface area contributed by atoms with E-state index >= 15 is 0 Å². The van der Waals surface area contributed by atoms with Crippen LogP contribution in [0.25, 0.3) is 0 Å². The van der Waals surface area contributed by atoms with Crippen LogP contribution in [0.3, 0.4) is 0 Å². The molecule has 23 heavy (non-hydrogen) atoms. The smallest absolute Gasteiger partial charge is 0.281 e. The molecule has 0 aromatic heterocycles. The summed E-state index contributed by atoms with van der Waals surface area (Å²) < 4.78 is 30.3. The molecule has 0 amide bonds. The molecule has 2 atom stereocenters. The minimum atomic E-state index is -3.93. The average Bonchev–Trinajstić information content (AvgIpc) is 2.47. The van der Waals surface area contributed by atoms with Gasteiger partial charge in [0, 0.05) is 18.1 Å². The van der Waals surface area contributed by atoms with Crippen molar-refractivity contribution in [3.8, 4) is 0 Å². The molecule has 3 N–H and O–H groups in total. The highest BCUT2D eigenvalue weighted by Crippen LogP contribution is 2.17. The molecule has 1 rings (SSSR count). The van der Waals surface area contributed by atoms with Crippen molar-refractivity contribution in [2.45, 2.75) is 109 Å². The van der Waals surface area contributed by atoms with Crippen LogP contribution in [0.5, 0.6) is 0 Å². The Hall–Kier alpha value is -0.170. The van der Waals surface area contributed by atoms with Crippen LogP contribution in [0.15, 0.2) is 0 Å². The quantitative estimate of drug-likeness (QED) is 0.582. The lowest BCUT2D eigenvalue weighted by molar-refractivity contribution is 0.340. The second kappa shape index (κ2) is 12.2. The van der Waals surface area contributed by atoms with Gasteiger partial charge in [0.2, 0.25) is 0 Å². The first-order chi connectivity index (χ1) is 10.7. The van der Waals surface area contributed by atoms with Gasteiger partial charge in [-0.2, -0.15) is 8.42 Å². The van der Waals surface area contributed by atoms with E-state index in [1.54, 1.807) is 0 Å². The van der Waals surface area contributed by atoms with Crippen LogP contribution in [0.4, 0.5) is 0 Å². The molecule has 1 aliphatic carbocycles. The molecule has 6 heteroatoms. The molecule has 2 unspecified atom stereocenters. The van der Waals surface area contributed by atoms with Gasteiger partial charge in [0.25, 0.3) is 10.1 Å². The first kappa shape index (κ1) is 22.8. The van der Waals surface area contributed by atoms with E-state index in [1.165, 1.54) is 38.5 Å². The van der Waals surface area contributed by atoms with Crippen molar-refractivity contribution in [3.05, 3.63) is 0 Å². The molecule has 0 spiro atoms. The van der Waals surface area contributed by atoms with Crippen molar-refractivity contribution in [1.82, 2.24) is 10.6 Å². The molecule has 1 aliphatic rings. The van der Waals surface area contributed by atoms with E-state index in [4.69, 9.17) is 4.55 Å². The molecule has 1 saturated carbocycles. The molecule has 0 heterocycles. The molecule has 5 nitrogen and oxygen atoms in total. The maximum absolute atomic E-state index is 10.7. The second-order valence-electron chi connectivity index (χ2n) is 6.92. The van der Waals surface area contributed by atoms with Gasteiger partial charge < -0.3 is 5.32 Å². The predicted octanol–water partition coefficient (Wildman–Crippen LogP) is 3.71. The topological polar surface area (TPSA) is 78.4 Å². The molecule has 0 aromatic rings. The summed E-state index contributed by atoms with van der Waals surface area (Å²) in [6.45, 7) is 10.1. The molecule has 1 fully saturated rings. The van der Waals surface area contributed by atoms with Crippen LogP contribution in [0.1, 0.15) is 86.0 Å². The van der Waals surface area contributed by atoms with Crippen LogP contribution in [-0.4, -0.2) is 36.5 Å². The van der Waals surface area contributed by atoms with Crippen molar-refractivity contribution < 1.29 is 13.0 Å². The Morgan fingerprint density at radius 1 is 1.09 bits per heavy atom. The van der Waals surface area contributed by atoms with E-state index in [2.05, 4.69) is 24.5 Å². The minimum Gasteiger partial charge on any atom is -0.312 e. The second-order valence-corrected chi connectivity index (χ2v) is 8.52. The summed E-state index contributed by atoms with van der Waals surface area (Å²) in [6, 6.07) is 1.61. The van der Waals surface area contributed by atoms with Crippen LogP contribution in [0.2, 0.25) is 0 Å². The monoisotopic (exact) mass is 350 g/mol. The zero-order chi connectivity index (χ0) is 17.9. The maximum Gasteiger partial charge on any atom is 0.281 e. The van der Waals surface area contributed by atoms with Gasteiger partial charge in [-0.15, -0.1) is 0 Å². The molecular weight excluding hydrogens is 312 g/mol. The minimum absolute atomic E-state index is 0.0588. The van der Waals surface area contributed by atoms with Gasteiger partial charge in [0.1, 0.15) is 5.37 Å². The Bertz CT molecular complexity index is 379. The molecule has 0 bridgehead atoms. The third-order valence-electron chi connectivity index (χ3n) is 4.17. The van der Waals surface area contributed by atoms with Crippen LogP contribution >= 0.6 is 0 Å². The van der Waals surface area contributed by atoms with E-state index in [9.17, 15) is 8.42 Å². The number of nitrogens with one attached hydrogen (secondary N) is 2. The summed E-state index contributed by atoms with van der Waals surface area (Å²) in [5.41, 5.74) is 0. The van der Waals surface area contributed by atoms with Crippen molar-refractivity contribution in [3.63, 3.8) is 0 Å². The zero-order valence-corrected chi connectivity index (χ0v) is 16.5. The van der Waals surface area contributed by atoms with E-state index in [0.717, 1.165) is 18.5 Å². The normalized spacial score (nSPS) is 19.1. The highest BCUT2D eigenvalue weighted by Gasteiger charge is 2.21. The van der Waals surface area contributed by atoms with Gasteiger partial charge in [0.05, 0.1) is 0 Å². The molecular formula is C17H38N2O3S. The Morgan fingerprint density at radius 2 is 1.65 bits per heavy atom. The summed E-state index contributed by atoms with van der Waals surface area (Å²) >= 11 is 0. The van der Waals surface area contributed by atoms with Gasteiger partial charge in [0.15, 0.2) is 0 Å². The fourth-order valence-electron chi connectivity index (χ4n) is 2.74. The van der Waals surface area contributed by atoms with E-state index < -0.39 is 15.5 Å². The number of rotatable bonds is 8. The van der Waals surface area contributed by atoms with Crippen molar-refractivity contribution in [1.29, 1.82) is 0 Å². The maximum atomic E-state index is 10.7. The molecule has 140 valence electrons. The summed E-state index contributed by atoms with van der Waals surface area (Å²) in [4.78, 5) is 0. The van der Waals surface area contributed by atoms with E-state index in [0.29, 0.717) is 6.42 Å². The van der Waals surface area contributed by atoms with Crippen LogP contribution in [-0.2, 0) is 10.1 Å². The number of hydrogen-bond acceptors (Lipinski definition) is 4. The largest absolute Gasteiger partial charge is 0.312 e. The van der Waals surface area contributed by atoms with E-state index in [1.807, 2.05) is 20.8 Å². The van der Waals surface area contributed by atoms with Crippen molar-refractivity contribution in [2.75, 3.05) is 0 Å². The summed E-state index contributed by atoms with van der Waals surface area (Å²) in [5.74, 6) is 0. The lowest BCUT2D eigenvalue weighted by atomic mass is 9.95. The van der Waals surface area contributed by atoms with Crippen LogP contribution in [0, 0.1) is 0 Å². The molecule has 0 aliphatic heterocycles. The SMILES string of the molecule is CCC(C)NC1CCCCC1.CCCC(NC(C)C)S(=O)(=O)O. The fraction of sp³-hybridized carbons (Fsp3) is 1.00. The highest BCUT2D eigenvalue weighted by atomic mass is 32.2. The molecule has 0 saturated heterocycles. The number of hydrogen-bond donors (Lipinski definition) is 3. The van der Waals surface area contributed by atoms with Crippen molar-refractivity contribution in [2.24, 2.45) is 0 Å². The van der Waals surface area contributed by atoms with Gasteiger partial charge in [-0.25, -0.2) is 0 Å². The highest BCUT2D eigenvalue weighted by molar-refractivity contribution is 7.86. The van der Waals surface area contributed by atoms with Gasteiger partial charge in [-0.1, -0.05) is 39.5 Å². The average molecular weight is 351 g/mol. The summed E-state index contributed by atoms with van der Waals surface area (Å²) in [7, 11) is -3.93. The summed E-state index contributed by atoms with van der Waals surface area (Å²) in [5, 5.41) is 5.63. The van der Waals surface area contributed by atoms with E-state index in [-0.39, 0.29) is 6.04 Å². The third kappa shape index (κ3) is 11.9. The first-order valence-corrected chi connectivity index (χ1v) is 10.7. The third-order valence-corrected chi connectivity index (χ3v) is 5.26. The Balaban J connectivity index is 0.000000422. The molecule has 0 aromatic carbocycles. The Labute approximate surface area is 143 Å². The summed E-state index contributed by atoms with van der Waals surface area (Å²) in [6.07, 6.45) is 9.58. The van der Waals surface area contributed by atoms with Gasteiger partial charge >= 0.3 is 0 Å². The predicted molar refractivity (Wildman–Crippen MR) is 98.3 cm³/mol. The Morgan fingerprint density at radius 3 is 2.04 bits per heavy atom. The standard InChI is InChI=1S/C10H21N.C7H17NO3S/c1-3-9(2)11-10-7-5-4-6-8-10;1-4-5-7(8-6(2)3)12(9,10)11/h9-11H,3-8H2,1-2H3;6-8H,4-5H2,1-3H3,(H,9,10,11). The first-order valence-electron chi connectivity index (χ1n) is 9.19. The Kier molecular flexibility index (Phi) is 12.1. The zero-order valence-electron chi connectivity index (χ0n) is 15.6. The fourth-order valence-corrected chi connectivity index (χ4v) is 3.72.